The van der Waals surface area contributed by atoms with Gasteiger partial charge in [-0.15, -0.1) is 0 Å². The molecule has 0 radical (unpaired) electrons. The molecule has 0 saturated heterocycles. The van der Waals surface area contributed by atoms with E-state index in [2.05, 4.69) is 29.8 Å². The molecule has 0 rings (SSSR count). The lowest BCUT2D eigenvalue weighted by molar-refractivity contribution is -0.129. The van der Waals surface area contributed by atoms with Gasteiger partial charge in [0.15, 0.2) is 0 Å². The minimum absolute atomic E-state index is 0.105. The van der Waals surface area contributed by atoms with Gasteiger partial charge in [0.2, 0.25) is 5.91 Å². The Labute approximate surface area is 99.6 Å². The first-order chi connectivity index (χ1) is 7.41. The van der Waals surface area contributed by atoms with Crippen LogP contribution in [0.4, 0.5) is 0 Å². The van der Waals surface area contributed by atoms with E-state index in [1.165, 1.54) is 0 Å². The molecule has 0 bridgehead atoms. The summed E-state index contributed by atoms with van der Waals surface area (Å²) in [5.74, 6) is 0.105. The Hall–Kier alpha value is -0.610. The summed E-state index contributed by atoms with van der Waals surface area (Å²) in [4.78, 5) is 11.8. The van der Waals surface area contributed by atoms with Gasteiger partial charge in [-0.1, -0.05) is 34.6 Å². The summed E-state index contributed by atoms with van der Waals surface area (Å²) in [5.41, 5.74) is -0.323. The van der Waals surface area contributed by atoms with Crippen LogP contribution in [0.1, 0.15) is 34.6 Å². The van der Waals surface area contributed by atoms with Gasteiger partial charge in [0.1, 0.15) is 0 Å². The number of hydrogen-bond acceptors (Lipinski definition) is 3. The Bertz CT molecular complexity index is 191. The minimum atomic E-state index is -0.323. The zero-order chi connectivity index (χ0) is 12.6. The first-order valence-electron chi connectivity index (χ1n) is 6.14. The molecule has 0 aromatic rings. The van der Waals surface area contributed by atoms with Crippen LogP contribution < -0.4 is 16.0 Å². The van der Waals surface area contributed by atoms with E-state index in [1.54, 1.807) is 0 Å². The van der Waals surface area contributed by atoms with E-state index in [1.807, 2.05) is 20.8 Å². The van der Waals surface area contributed by atoms with E-state index < -0.39 is 0 Å². The van der Waals surface area contributed by atoms with Crippen molar-refractivity contribution in [1.82, 2.24) is 16.0 Å². The molecule has 0 unspecified atom stereocenters. The number of carbonyl (C=O) groups excluding carboxylic acids is 1. The lowest BCUT2D eigenvalue weighted by Gasteiger charge is -2.24. The van der Waals surface area contributed by atoms with Crippen LogP contribution >= 0.6 is 0 Å². The average Bonchev–Trinajstić information content (AvgIpc) is 2.20. The number of carbonyl (C=O) groups is 1. The van der Waals surface area contributed by atoms with Gasteiger partial charge in [-0.05, 0) is 13.1 Å². The Balaban J connectivity index is 4.13. The van der Waals surface area contributed by atoms with Crippen LogP contribution in [-0.2, 0) is 4.79 Å². The lowest BCUT2D eigenvalue weighted by Crippen LogP contribution is -2.50. The quantitative estimate of drug-likeness (QED) is 0.603. The molecule has 0 heterocycles. The van der Waals surface area contributed by atoms with Crippen molar-refractivity contribution >= 4 is 5.91 Å². The van der Waals surface area contributed by atoms with Gasteiger partial charge in [-0.3, -0.25) is 4.79 Å². The summed E-state index contributed by atoms with van der Waals surface area (Å²) in [7, 11) is 0. The van der Waals surface area contributed by atoms with Gasteiger partial charge >= 0.3 is 0 Å². The predicted octanol–water partition coefficient (Wildman–Crippen LogP) is 0.736. The zero-order valence-corrected chi connectivity index (χ0v) is 11.3. The summed E-state index contributed by atoms with van der Waals surface area (Å²) in [6.07, 6.45) is 0. The molecule has 0 aliphatic carbocycles. The van der Waals surface area contributed by atoms with Crippen LogP contribution in [0, 0.1) is 5.41 Å². The number of hydrogen-bond donors (Lipinski definition) is 3. The molecule has 16 heavy (non-hydrogen) atoms. The van der Waals surface area contributed by atoms with E-state index in [0.717, 1.165) is 26.2 Å². The monoisotopic (exact) mass is 229 g/mol. The van der Waals surface area contributed by atoms with Gasteiger partial charge < -0.3 is 16.0 Å². The highest BCUT2D eigenvalue weighted by Gasteiger charge is 2.23. The van der Waals surface area contributed by atoms with Gasteiger partial charge in [0.25, 0.3) is 0 Å². The average molecular weight is 229 g/mol. The third kappa shape index (κ3) is 6.80. The molecule has 0 saturated carbocycles. The zero-order valence-electron chi connectivity index (χ0n) is 11.3. The van der Waals surface area contributed by atoms with Crippen LogP contribution in [0.3, 0.4) is 0 Å². The number of likely N-dealkylation sites (N-methyl/N-ethyl adjacent to an activating group) is 2. The molecule has 3 N–H and O–H groups in total. The van der Waals surface area contributed by atoms with Gasteiger partial charge in [-0.25, -0.2) is 0 Å². The highest BCUT2D eigenvalue weighted by atomic mass is 16.2. The molecule has 4 heteroatoms. The second-order valence-corrected chi connectivity index (χ2v) is 5.04. The van der Waals surface area contributed by atoms with Crippen molar-refractivity contribution in [3.8, 4) is 0 Å². The third-order valence-corrected chi connectivity index (χ3v) is 2.30. The molecular weight excluding hydrogens is 202 g/mol. The Morgan fingerprint density at radius 2 is 1.50 bits per heavy atom. The van der Waals surface area contributed by atoms with Crippen LogP contribution in [-0.4, -0.2) is 38.1 Å². The molecule has 0 aliphatic heterocycles. The first-order valence-corrected chi connectivity index (χ1v) is 6.14. The number of amides is 1. The molecule has 0 fully saturated rings. The summed E-state index contributed by atoms with van der Waals surface area (Å²) in [6.45, 7) is 13.4. The minimum Gasteiger partial charge on any atom is -0.350 e. The van der Waals surface area contributed by atoms with E-state index in [9.17, 15) is 4.79 Å². The molecule has 0 atom stereocenters. The SMILES string of the molecule is CCNCC(CNCC)NC(=O)C(C)(C)C. The lowest BCUT2D eigenvalue weighted by atomic mass is 9.95. The van der Waals surface area contributed by atoms with Gasteiger partial charge in [0, 0.05) is 18.5 Å². The van der Waals surface area contributed by atoms with Crippen molar-refractivity contribution in [1.29, 1.82) is 0 Å². The molecule has 4 nitrogen and oxygen atoms in total. The van der Waals surface area contributed by atoms with E-state index >= 15 is 0 Å². The first kappa shape index (κ1) is 15.4. The third-order valence-electron chi connectivity index (χ3n) is 2.30. The molecule has 0 spiro atoms. The molecular formula is C12H27N3O. The fourth-order valence-electron chi connectivity index (χ4n) is 1.21. The smallest absolute Gasteiger partial charge is 0.225 e. The van der Waals surface area contributed by atoms with Crippen molar-refractivity contribution < 1.29 is 4.79 Å². The van der Waals surface area contributed by atoms with Crippen LogP contribution in [0.25, 0.3) is 0 Å². The highest BCUT2D eigenvalue weighted by molar-refractivity contribution is 5.81. The fraction of sp³-hybridized carbons (Fsp3) is 0.917. The standard InChI is InChI=1S/C12H27N3O/c1-6-13-8-10(9-14-7-2)15-11(16)12(3,4)5/h10,13-14H,6-9H2,1-5H3,(H,15,16). The maximum absolute atomic E-state index is 11.8. The summed E-state index contributed by atoms with van der Waals surface area (Å²) >= 11 is 0. The summed E-state index contributed by atoms with van der Waals surface area (Å²) in [6, 6.07) is 0.159. The van der Waals surface area contributed by atoms with Gasteiger partial charge in [0.05, 0.1) is 6.04 Å². The second kappa shape index (κ2) is 7.63. The number of nitrogens with one attached hydrogen (secondary N) is 3. The van der Waals surface area contributed by atoms with E-state index in [-0.39, 0.29) is 17.4 Å². The largest absolute Gasteiger partial charge is 0.350 e. The predicted molar refractivity (Wildman–Crippen MR) is 68.5 cm³/mol. The second-order valence-electron chi connectivity index (χ2n) is 5.04. The highest BCUT2D eigenvalue weighted by Crippen LogP contribution is 2.12. The van der Waals surface area contributed by atoms with Crippen molar-refractivity contribution in [2.45, 2.75) is 40.7 Å². The normalized spacial score (nSPS) is 11.9. The molecule has 0 aliphatic rings. The van der Waals surface area contributed by atoms with Gasteiger partial charge in [-0.2, -0.15) is 0 Å². The topological polar surface area (TPSA) is 53.2 Å². The fourth-order valence-corrected chi connectivity index (χ4v) is 1.21. The van der Waals surface area contributed by atoms with Crippen LogP contribution in [0.15, 0.2) is 0 Å². The summed E-state index contributed by atoms with van der Waals surface area (Å²) in [5, 5.41) is 9.58. The van der Waals surface area contributed by atoms with Crippen LogP contribution in [0.5, 0.6) is 0 Å². The van der Waals surface area contributed by atoms with Crippen molar-refractivity contribution in [2.75, 3.05) is 26.2 Å². The summed E-state index contributed by atoms with van der Waals surface area (Å²) < 4.78 is 0. The maximum Gasteiger partial charge on any atom is 0.225 e. The Morgan fingerprint density at radius 1 is 1.06 bits per heavy atom. The number of rotatable bonds is 7. The molecule has 0 aromatic carbocycles. The van der Waals surface area contributed by atoms with Crippen LogP contribution in [0.2, 0.25) is 0 Å². The van der Waals surface area contributed by atoms with Crippen molar-refractivity contribution in [3.05, 3.63) is 0 Å². The van der Waals surface area contributed by atoms with Crippen molar-refractivity contribution in [2.24, 2.45) is 5.41 Å². The Kier molecular flexibility index (Phi) is 7.34. The molecule has 96 valence electrons. The maximum atomic E-state index is 11.8. The van der Waals surface area contributed by atoms with E-state index in [0.29, 0.717) is 0 Å². The Morgan fingerprint density at radius 3 is 1.81 bits per heavy atom. The molecule has 1 amide bonds. The van der Waals surface area contributed by atoms with Crippen molar-refractivity contribution in [3.63, 3.8) is 0 Å². The molecule has 0 aromatic heterocycles. The van der Waals surface area contributed by atoms with E-state index in [4.69, 9.17) is 0 Å².